The maximum atomic E-state index is 13.1. The largest absolute Gasteiger partial charge is 0.273 e. The molecule has 3 aliphatic rings. The molecule has 1 aromatic rings. The molecule has 1 saturated heterocycles. The average molecular weight is 324 g/mol. The van der Waals surface area contributed by atoms with Crippen LogP contribution in [0.3, 0.4) is 0 Å². The van der Waals surface area contributed by atoms with Gasteiger partial charge < -0.3 is 0 Å². The third kappa shape index (κ3) is 2.36. The van der Waals surface area contributed by atoms with E-state index in [2.05, 4.69) is 19.3 Å². The summed E-state index contributed by atoms with van der Waals surface area (Å²) >= 11 is 0. The van der Waals surface area contributed by atoms with E-state index in [0.717, 1.165) is 24.9 Å². The minimum atomic E-state index is -0.227. The molecule has 126 valence electrons. The quantitative estimate of drug-likeness (QED) is 0.803. The van der Waals surface area contributed by atoms with Gasteiger partial charge in [0.05, 0.1) is 17.5 Å². The summed E-state index contributed by atoms with van der Waals surface area (Å²) in [5, 5.41) is 1.45. The molecule has 1 N–H and O–H groups in total. The second kappa shape index (κ2) is 5.47. The van der Waals surface area contributed by atoms with Gasteiger partial charge in [0, 0.05) is 0 Å². The molecule has 4 heteroatoms. The molecule has 0 unspecified atom stereocenters. The van der Waals surface area contributed by atoms with E-state index >= 15 is 0 Å². The second-order valence-corrected chi connectivity index (χ2v) is 7.93. The highest BCUT2D eigenvalue weighted by molar-refractivity contribution is 6.04. The number of hydrogen-bond acceptors (Lipinski definition) is 2. The maximum Gasteiger partial charge on any atom is 0.249 e. The highest BCUT2D eigenvalue weighted by Gasteiger charge is 2.48. The molecule has 1 aliphatic heterocycles. The van der Waals surface area contributed by atoms with E-state index < -0.39 is 0 Å². The van der Waals surface area contributed by atoms with Crippen LogP contribution in [0.25, 0.3) is 0 Å². The van der Waals surface area contributed by atoms with Crippen molar-refractivity contribution >= 4 is 17.5 Å². The molecule has 0 spiro atoms. The highest BCUT2D eigenvalue weighted by Crippen LogP contribution is 2.50. The molecule has 0 radical (unpaired) electrons. The van der Waals surface area contributed by atoms with Crippen LogP contribution in [0.2, 0.25) is 0 Å². The number of carbonyl (C=O) groups excluding carboxylic acids is 2. The number of allylic oxidation sites excluding steroid dienone is 2. The summed E-state index contributed by atoms with van der Waals surface area (Å²) in [5.74, 6) is -0.419. The van der Waals surface area contributed by atoms with Crippen molar-refractivity contribution < 1.29 is 9.59 Å². The molecule has 4 rings (SSSR count). The Labute approximate surface area is 142 Å². The van der Waals surface area contributed by atoms with Gasteiger partial charge in [0.15, 0.2) is 0 Å². The van der Waals surface area contributed by atoms with Crippen LogP contribution < -0.4 is 10.4 Å². The topological polar surface area (TPSA) is 49.4 Å². The van der Waals surface area contributed by atoms with Gasteiger partial charge in [-0.25, -0.2) is 5.01 Å². The summed E-state index contributed by atoms with van der Waals surface area (Å²) in [6.45, 7) is 4.56. The molecule has 1 fully saturated rings. The minimum Gasteiger partial charge on any atom is -0.273 e. The minimum absolute atomic E-state index is 0.0154. The Bertz CT molecular complexity index is 720. The van der Waals surface area contributed by atoms with Crippen LogP contribution in [0.5, 0.6) is 0 Å². The number of rotatable bonds is 1. The van der Waals surface area contributed by atoms with Crippen molar-refractivity contribution in [2.75, 3.05) is 5.01 Å². The molecule has 1 heterocycles. The predicted molar refractivity (Wildman–Crippen MR) is 92.9 cm³/mol. The smallest absolute Gasteiger partial charge is 0.249 e. The highest BCUT2D eigenvalue weighted by atomic mass is 16.2. The van der Waals surface area contributed by atoms with Gasteiger partial charge in [0.25, 0.3) is 0 Å². The molecule has 0 bridgehead atoms. The molecular weight excluding hydrogens is 300 g/mol. The molecular formula is C20H24N2O2. The number of nitrogens with zero attached hydrogens (tertiary/aromatic N) is 1. The Hall–Kier alpha value is -2.10. The first-order valence-electron chi connectivity index (χ1n) is 8.88. The van der Waals surface area contributed by atoms with Gasteiger partial charge in [0.2, 0.25) is 11.8 Å². The molecule has 2 aliphatic carbocycles. The first-order valence-corrected chi connectivity index (χ1v) is 8.88. The van der Waals surface area contributed by atoms with Gasteiger partial charge in [-0.2, -0.15) is 0 Å². The molecule has 0 saturated carbocycles. The number of fused-ring (bicyclic) bond motifs is 1. The summed E-state index contributed by atoms with van der Waals surface area (Å²) in [6.07, 6.45) is 4.94. The van der Waals surface area contributed by atoms with E-state index in [1.807, 2.05) is 30.3 Å². The van der Waals surface area contributed by atoms with Crippen LogP contribution in [0.15, 0.2) is 41.5 Å². The third-order valence-corrected chi connectivity index (χ3v) is 6.01. The summed E-state index contributed by atoms with van der Waals surface area (Å²) in [6, 6.07) is 9.39. The SMILES string of the molecule is CC1(C)CCCC2=C1C[C@@H]1C(=O)N(c3ccccc3)NC(=O)[C@H]1C2. The van der Waals surface area contributed by atoms with Gasteiger partial charge >= 0.3 is 0 Å². The van der Waals surface area contributed by atoms with E-state index in [9.17, 15) is 9.59 Å². The number of amides is 2. The zero-order chi connectivity index (χ0) is 16.9. The first-order chi connectivity index (χ1) is 11.5. The Kier molecular flexibility index (Phi) is 3.52. The molecule has 1 aromatic carbocycles. The fourth-order valence-electron chi connectivity index (χ4n) is 4.66. The van der Waals surface area contributed by atoms with E-state index in [1.54, 1.807) is 0 Å². The van der Waals surface area contributed by atoms with Crippen LogP contribution in [-0.2, 0) is 9.59 Å². The van der Waals surface area contributed by atoms with Crippen LogP contribution in [0.1, 0.15) is 46.0 Å². The third-order valence-electron chi connectivity index (χ3n) is 6.01. The monoisotopic (exact) mass is 324 g/mol. The van der Waals surface area contributed by atoms with Crippen molar-refractivity contribution in [3.05, 3.63) is 41.5 Å². The summed E-state index contributed by atoms with van der Waals surface area (Å²) in [7, 11) is 0. The number of hydrazine groups is 1. The number of hydrogen-bond donors (Lipinski definition) is 1. The Morgan fingerprint density at radius 3 is 2.58 bits per heavy atom. The number of carbonyl (C=O) groups is 2. The predicted octanol–water partition coefficient (Wildman–Crippen LogP) is 3.60. The first kappa shape index (κ1) is 15.4. The van der Waals surface area contributed by atoms with Crippen molar-refractivity contribution in [1.29, 1.82) is 0 Å². The molecule has 4 nitrogen and oxygen atoms in total. The maximum absolute atomic E-state index is 13.1. The Morgan fingerprint density at radius 1 is 1.08 bits per heavy atom. The lowest BCUT2D eigenvalue weighted by Crippen LogP contribution is -2.60. The summed E-state index contributed by atoms with van der Waals surface area (Å²) < 4.78 is 0. The Balaban J connectivity index is 1.68. The van der Waals surface area contributed by atoms with Crippen molar-refractivity contribution in [2.24, 2.45) is 17.3 Å². The molecule has 0 aromatic heterocycles. The van der Waals surface area contributed by atoms with Gasteiger partial charge in [0.1, 0.15) is 0 Å². The number of nitrogens with one attached hydrogen (secondary N) is 1. The van der Waals surface area contributed by atoms with Crippen LogP contribution in [0, 0.1) is 17.3 Å². The van der Waals surface area contributed by atoms with E-state index in [1.165, 1.54) is 29.0 Å². The van der Waals surface area contributed by atoms with Crippen molar-refractivity contribution in [3.8, 4) is 0 Å². The number of benzene rings is 1. The van der Waals surface area contributed by atoms with E-state index in [4.69, 9.17) is 0 Å². The van der Waals surface area contributed by atoms with Crippen molar-refractivity contribution in [2.45, 2.75) is 46.0 Å². The fraction of sp³-hybridized carbons (Fsp3) is 0.500. The number of para-hydroxylation sites is 1. The number of anilines is 1. The zero-order valence-corrected chi connectivity index (χ0v) is 14.3. The lowest BCUT2D eigenvalue weighted by molar-refractivity contribution is -0.140. The van der Waals surface area contributed by atoms with Crippen LogP contribution >= 0.6 is 0 Å². The molecule has 2 atom stereocenters. The van der Waals surface area contributed by atoms with Crippen LogP contribution in [0.4, 0.5) is 5.69 Å². The van der Waals surface area contributed by atoms with E-state index in [-0.39, 0.29) is 29.1 Å². The van der Waals surface area contributed by atoms with Crippen molar-refractivity contribution in [3.63, 3.8) is 0 Å². The molecule has 24 heavy (non-hydrogen) atoms. The van der Waals surface area contributed by atoms with Gasteiger partial charge in [-0.15, -0.1) is 0 Å². The lowest BCUT2D eigenvalue weighted by Gasteiger charge is -2.46. The van der Waals surface area contributed by atoms with Gasteiger partial charge in [-0.05, 0) is 49.7 Å². The fourth-order valence-corrected chi connectivity index (χ4v) is 4.66. The zero-order valence-electron chi connectivity index (χ0n) is 14.3. The summed E-state index contributed by atoms with van der Waals surface area (Å²) in [5.41, 5.74) is 6.58. The van der Waals surface area contributed by atoms with Crippen LogP contribution in [-0.4, -0.2) is 11.8 Å². The second-order valence-electron chi connectivity index (χ2n) is 7.93. The Morgan fingerprint density at radius 2 is 1.83 bits per heavy atom. The average Bonchev–Trinajstić information content (AvgIpc) is 2.58. The van der Waals surface area contributed by atoms with Gasteiger partial charge in [-0.3, -0.25) is 15.0 Å². The summed E-state index contributed by atoms with van der Waals surface area (Å²) in [4.78, 5) is 25.7. The van der Waals surface area contributed by atoms with E-state index in [0.29, 0.717) is 0 Å². The standard InChI is InChI=1S/C20H24N2O2/c1-20(2)10-6-7-13-11-15-16(12-17(13)20)19(24)22(21-18(15)23)14-8-4-3-5-9-14/h3-5,8-9,15-16H,6-7,10-12H2,1-2H3,(H,21,23)/t15-,16-/m0/s1. The molecule has 2 amide bonds. The van der Waals surface area contributed by atoms with Crippen molar-refractivity contribution in [1.82, 2.24) is 5.43 Å². The lowest BCUT2D eigenvalue weighted by atomic mass is 9.62. The normalized spacial score (nSPS) is 29.0. The van der Waals surface area contributed by atoms with Gasteiger partial charge in [-0.1, -0.05) is 43.2 Å².